The number of benzene rings is 2. The van der Waals surface area contributed by atoms with Crippen LogP contribution < -0.4 is 5.32 Å². The standard InChI is InChI=1S/C20H20N6O/c1-25-12-15(11-24-25)16-7-8-19(18-6-3-2-5-17(16)18)20(27)21-9-4-10-26-13-22-23-14-26/h2-3,5-8,11-14H,4,9-10H2,1H3,(H,21,27). The Morgan fingerprint density at radius 2 is 1.85 bits per heavy atom. The van der Waals surface area contributed by atoms with Gasteiger partial charge in [0.25, 0.3) is 5.91 Å². The first-order valence-corrected chi connectivity index (χ1v) is 8.84. The SMILES string of the molecule is Cn1cc(-c2ccc(C(=O)NCCCn3cnnc3)c3ccccc23)cn1. The Bertz CT molecular complexity index is 1070. The number of aromatic nitrogens is 5. The zero-order valence-electron chi connectivity index (χ0n) is 15.0. The van der Waals surface area contributed by atoms with Crippen LogP contribution in [0.4, 0.5) is 0 Å². The summed E-state index contributed by atoms with van der Waals surface area (Å²) >= 11 is 0. The molecule has 0 aliphatic rings. The van der Waals surface area contributed by atoms with Crippen molar-refractivity contribution in [1.82, 2.24) is 29.9 Å². The highest BCUT2D eigenvalue weighted by Gasteiger charge is 2.13. The van der Waals surface area contributed by atoms with Gasteiger partial charge in [0.15, 0.2) is 0 Å². The number of carbonyl (C=O) groups excluding carboxylic acids is 1. The molecule has 7 nitrogen and oxygen atoms in total. The van der Waals surface area contributed by atoms with Crippen molar-refractivity contribution in [3.63, 3.8) is 0 Å². The highest BCUT2D eigenvalue weighted by molar-refractivity contribution is 6.10. The van der Waals surface area contributed by atoms with E-state index in [1.807, 2.05) is 60.4 Å². The van der Waals surface area contributed by atoms with Crippen LogP contribution in [0.5, 0.6) is 0 Å². The van der Waals surface area contributed by atoms with E-state index in [0.717, 1.165) is 34.9 Å². The van der Waals surface area contributed by atoms with E-state index in [1.54, 1.807) is 17.3 Å². The highest BCUT2D eigenvalue weighted by Crippen LogP contribution is 2.30. The molecule has 2 heterocycles. The summed E-state index contributed by atoms with van der Waals surface area (Å²) in [7, 11) is 1.90. The lowest BCUT2D eigenvalue weighted by molar-refractivity contribution is 0.0954. The van der Waals surface area contributed by atoms with Crippen molar-refractivity contribution in [2.24, 2.45) is 7.05 Å². The molecule has 1 N–H and O–H groups in total. The van der Waals surface area contributed by atoms with Gasteiger partial charge in [-0.25, -0.2) is 0 Å². The van der Waals surface area contributed by atoms with Gasteiger partial charge >= 0.3 is 0 Å². The van der Waals surface area contributed by atoms with E-state index in [4.69, 9.17) is 0 Å². The number of aryl methyl sites for hydroxylation is 2. The van der Waals surface area contributed by atoms with Gasteiger partial charge in [-0.15, -0.1) is 10.2 Å². The number of amides is 1. The van der Waals surface area contributed by atoms with Gasteiger partial charge < -0.3 is 9.88 Å². The molecule has 2 aromatic carbocycles. The van der Waals surface area contributed by atoms with Gasteiger partial charge in [-0.1, -0.05) is 30.3 Å². The van der Waals surface area contributed by atoms with E-state index in [2.05, 4.69) is 20.6 Å². The van der Waals surface area contributed by atoms with Crippen LogP contribution in [0.25, 0.3) is 21.9 Å². The Morgan fingerprint density at radius 1 is 1.07 bits per heavy atom. The van der Waals surface area contributed by atoms with Crippen molar-refractivity contribution >= 4 is 16.7 Å². The molecular weight excluding hydrogens is 340 g/mol. The molecule has 0 saturated carbocycles. The lowest BCUT2D eigenvalue weighted by atomic mass is 9.96. The summed E-state index contributed by atoms with van der Waals surface area (Å²) in [6, 6.07) is 11.9. The van der Waals surface area contributed by atoms with Crippen molar-refractivity contribution < 1.29 is 4.79 Å². The molecular formula is C20H20N6O. The molecule has 2 aromatic heterocycles. The van der Waals surface area contributed by atoms with Crippen LogP contribution in [0.15, 0.2) is 61.4 Å². The Hall–Kier alpha value is -3.48. The fourth-order valence-electron chi connectivity index (χ4n) is 3.21. The Balaban J connectivity index is 1.54. The average molecular weight is 360 g/mol. The molecule has 0 aliphatic carbocycles. The van der Waals surface area contributed by atoms with Gasteiger partial charge in [0.2, 0.25) is 0 Å². The molecule has 1 amide bonds. The fourth-order valence-corrected chi connectivity index (χ4v) is 3.21. The first-order chi connectivity index (χ1) is 13.2. The number of fused-ring (bicyclic) bond motifs is 1. The van der Waals surface area contributed by atoms with Gasteiger partial charge in [-0.3, -0.25) is 9.48 Å². The van der Waals surface area contributed by atoms with Crippen molar-refractivity contribution in [3.05, 3.63) is 67.0 Å². The van der Waals surface area contributed by atoms with Crippen molar-refractivity contribution in [3.8, 4) is 11.1 Å². The van der Waals surface area contributed by atoms with Crippen LogP contribution >= 0.6 is 0 Å². The zero-order chi connectivity index (χ0) is 18.6. The molecule has 4 aromatic rings. The van der Waals surface area contributed by atoms with Crippen molar-refractivity contribution in [2.75, 3.05) is 6.54 Å². The summed E-state index contributed by atoms with van der Waals surface area (Å²) in [5.74, 6) is -0.0623. The van der Waals surface area contributed by atoms with Gasteiger partial charge in [-0.2, -0.15) is 5.10 Å². The molecule has 0 spiro atoms. The first kappa shape index (κ1) is 17.0. The third kappa shape index (κ3) is 3.57. The Labute approximate surface area is 156 Å². The van der Waals surface area contributed by atoms with Crippen LogP contribution in [0.2, 0.25) is 0 Å². The zero-order valence-corrected chi connectivity index (χ0v) is 15.0. The smallest absolute Gasteiger partial charge is 0.251 e. The summed E-state index contributed by atoms with van der Waals surface area (Å²) in [6.45, 7) is 1.36. The van der Waals surface area contributed by atoms with E-state index in [9.17, 15) is 4.79 Å². The maximum Gasteiger partial charge on any atom is 0.251 e. The lowest BCUT2D eigenvalue weighted by Gasteiger charge is -2.11. The van der Waals surface area contributed by atoms with Crippen molar-refractivity contribution in [2.45, 2.75) is 13.0 Å². The number of hydrogen-bond acceptors (Lipinski definition) is 4. The molecule has 0 atom stereocenters. The topological polar surface area (TPSA) is 77.6 Å². The summed E-state index contributed by atoms with van der Waals surface area (Å²) in [5.41, 5.74) is 2.79. The Kier molecular flexibility index (Phi) is 4.65. The van der Waals surface area contributed by atoms with Crippen molar-refractivity contribution in [1.29, 1.82) is 0 Å². The average Bonchev–Trinajstić information content (AvgIpc) is 3.36. The van der Waals surface area contributed by atoms with Gasteiger partial charge in [0.05, 0.1) is 6.20 Å². The quantitative estimate of drug-likeness (QED) is 0.536. The number of nitrogens with one attached hydrogen (secondary N) is 1. The van der Waals surface area contributed by atoms with Crippen LogP contribution in [0, 0.1) is 0 Å². The number of nitrogens with zero attached hydrogens (tertiary/aromatic N) is 5. The van der Waals surface area contributed by atoms with Crippen LogP contribution in [0.1, 0.15) is 16.8 Å². The summed E-state index contributed by atoms with van der Waals surface area (Å²) < 4.78 is 3.67. The van der Waals surface area contributed by atoms with Crippen LogP contribution in [-0.4, -0.2) is 37.0 Å². The second-order valence-corrected chi connectivity index (χ2v) is 6.42. The summed E-state index contributed by atoms with van der Waals surface area (Å²) in [4.78, 5) is 12.7. The minimum atomic E-state index is -0.0623. The maximum atomic E-state index is 12.7. The molecule has 0 aliphatic heterocycles. The molecule has 0 unspecified atom stereocenters. The maximum absolute atomic E-state index is 12.7. The largest absolute Gasteiger partial charge is 0.352 e. The predicted molar refractivity (Wildman–Crippen MR) is 103 cm³/mol. The second-order valence-electron chi connectivity index (χ2n) is 6.42. The monoisotopic (exact) mass is 360 g/mol. The summed E-state index contributed by atoms with van der Waals surface area (Å²) in [6.07, 6.45) is 7.98. The van der Waals surface area contributed by atoms with E-state index in [0.29, 0.717) is 12.1 Å². The summed E-state index contributed by atoms with van der Waals surface area (Å²) in [5, 5.41) is 16.8. The molecule has 0 saturated heterocycles. The number of hydrogen-bond donors (Lipinski definition) is 1. The van der Waals surface area contributed by atoms with Crippen LogP contribution in [0.3, 0.4) is 0 Å². The minimum absolute atomic E-state index is 0.0623. The van der Waals surface area contributed by atoms with E-state index < -0.39 is 0 Å². The second kappa shape index (κ2) is 7.41. The molecule has 0 radical (unpaired) electrons. The molecule has 136 valence electrons. The van der Waals surface area contributed by atoms with E-state index in [1.165, 1.54) is 0 Å². The third-order valence-corrected chi connectivity index (χ3v) is 4.53. The molecule has 7 heteroatoms. The van der Waals surface area contributed by atoms with Gasteiger partial charge in [-0.05, 0) is 28.8 Å². The number of rotatable bonds is 6. The lowest BCUT2D eigenvalue weighted by Crippen LogP contribution is -2.25. The van der Waals surface area contributed by atoms with Gasteiger partial charge in [0, 0.05) is 37.5 Å². The molecule has 0 fully saturated rings. The fraction of sp³-hybridized carbons (Fsp3) is 0.200. The van der Waals surface area contributed by atoms with Gasteiger partial charge in [0.1, 0.15) is 12.7 Å². The van der Waals surface area contributed by atoms with E-state index >= 15 is 0 Å². The first-order valence-electron chi connectivity index (χ1n) is 8.84. The molecule has 27 heavy (non-hydrogen) atoms. The molecule has 4 rings (SSSR count). The number of carbonyl (C=O) groups is 1. The van der Waals surface area contributed by atoms with E-state index in [-0.39, 0.29) is 5.91 Å². The minimum Gasteiger partial charge on any atom is -0.352 e. The predicted octanol–water partition coefficient (Wildman–Crippen LogP) is 2.65. The van der Waals surface area contributed by atoms with Crippen LogP contribution in [-0.2, 0) is 13.6 Å². The molecule has 0 bridgehead atoms. The normalized spacial score (nSPS) is 11.0. The Morgan fingerprint density at radius 3 is 2.59 bits per heavy atom. The third-order valence-electron chi connectivity index (χ3n) is 4.53. The highest BCUT2D eigenvalue weighted by atomic mass is 16.1.